The minimum Gasteiger partial charge on any atom is -0.481 e. The van der Waals surface area contributed by atoms with Crippen LogP contribution in [0.3, 0.4) is 0 Å². The zero-order valence-corrected chi connectivity index (χ0v) is 12.2. The van der Waals surface area contributed by atoms with Crippen LogP contribution in [0.25, 0.3) is 0 Å². The first kappa shape index (κ1) is 14.7. The third-order valence-electron chi connectivity index (χ3n) is 3.52. The molecule has 0 unspecified atom stereocenters. The third-order valence-corrected chi connectivity index (χ3v) is 4.12. The van der Waals surface area contributed by atoms with Gasteiger partial charge < -0.3 is 10.4 Å². The smallest absolute Gasteiger partial charge is 0.311 e. The molecule has 20 heavy (non-hydrogen) atoms. The molecule has 2 rings (SSSR count). The number of halogens is 1. The van der Waals surface area contributed by atoms with Crippen LogP contribution in [0, 0.1) is 10.1 Å². The molecular weight excluding hydrogens is 330 g/mol. The van der Waals surface area contributed by atoms with Crippen molar-refractivity contribution in [3.05, 3.63) is 27.0 Å². The number of anilines is 1. The van der Waals surface area contributed by atoms with Crippen molar-refractivity contribution in [3.8, 4) is 0 Å². The van der Waals surface area contributed by atoms with Crippen LogP contribution in [-0.2, 0) is 4.79 Å². The molecule has 2 N–H and O–H groups in total. The van der Waals surface area contributed by atoms with Gasteiger partial charge in [-0.3, -0.25) is 19.9 Å². The lowest BCUT2D eigenvalue weighted by atomic mass is 9.92. The number of aliphatic carboxylic acids is 1. The predicted molar refractivity (Wildman–Crippen MR) is 75.7 cm³/mol. The van der Waals surface area contributed by atoms with Crippen molar-refractivity contribution in [2.24, 2.45) is 0 Å². The van der Waals surface area contributed by atoms with Gasteiger partial charge >= 0.3 is 11.7 Å². The molecule has 1 fully saturated rings. The minimum atomic E-state index is -0.910. The Hall–Kier alpha value is -1.70. The van der Waals surface area contributed by atoms with E-state index in [4.69, 9.17) is 5.11 Å². The van der Waals surface area contributed by atoms with Crippen LogP contribution in [0.4, 0.5) is 11.4 Å². The SMILES string of the molecule is O=C(O)CC1(Nc2c(Br)cncc2[N+](=O)[O-])CCCC1. The minimum absolute atomic E-state index is 0.0566. The first-order valence-electron chi connectivity index (χ1n) is 6.21. The second-order valence-electron chi connectivity index (χ2n) is 4.96. The summed E-state index contributed by atoms with van der Waals surface area (Å²) in [5.74, 6) is -0.910. The van der Waals surface area contributed by atoms with Gasteiger partial charge in [0.2, 0.25) is 0 Å². The predicted octanol–water partition coefficient (Wildman–Crippen LogP) is 2.95. The third kappa shape index (κ3) is 3.06. The van der Waals surface area contributed by atoms with Gasteiger partial charge in [0, 0.05) is 11.7 Å². The molecule has 0 radical (unpaired) electrons. The lowest BCUT2D eigenvalue weighted by molar-refractivity contribution is -0.384. The Morgan fingerprint density at radius 2 is 2.15 bits per heavy atom. The fourth-order valence-corrected chi connectivity index (χ4v) is 3.06. The number of hydrogen-bond donors (Lipinski definition) is 2. The highest BCUT2D eigenvalue weighted by Crippen LogP contribution is 2.40. The van der Waals surface area contributed by atoms with Gasteiger partial charge in [-0.15, -0.1) is 0 Å². The number of carboxylic acid groups (broad SMARTS) is 1. The van der Waals surface area contributed by atoms with E-state index in [1.54, 1.807) is 0 Å². The average molecular weight is 344 g/mol. The van der Waals surface area contributed by atoms with Crippen LogP contribution in [0.2, 0.25) is 0 Å². The summed E-state index contributed by atoms with van der Waals surface area (Å²) in [5, 5.41) is 23.2. The van der Waals surface area contributed by atoms with E-state index in [9.17, 15) is 14.9 Å². The summed E-state index contributed by atoms with van der Waals surface area (Å²) in [7, 11) is 0. The molecule has 1 heterocycles. The summed E-state index contributed by atoms with van der Waals surface area (Å²) in [6.07, 6.45) is 5.76. The summed E-state index contributed by atoms with van der Waals surface area (Å²) in [6.45, 7) is 0. The van der Waals surface area contributed by atoms with Gasteiger partial charge in [-0.25, -0.2) is 0 Å². The first-order valence-corrected chi connectivity index (χ1v) is 7.01. The summed E-state index contributed by atoms with van der Waals surface area (Å²) in [6, 6.07) is 0. The number of nitrogens with one attached hydrogen (secondary N) is 1. The molecule has 108 valence electrons. The summed E-state index contributed by atoms with van der Waals surface area (Å²) in [4.78, 5) is 25.4. The molecule has 0 spiro atoms. The summed E-state index contributed by atoms with van der Waals surface area (Å²) < 4.78 is 0.461. The number of rotatable bonds is 5. The van der Waals surface area contributed by atoms with E-state index in [2.05, 4.69) is 26.2 Å². The van der Waals surface area contributed by atoms with E-state index in [0.29, 0.717) is 23.0 Å². The van der Waals surface area contributed by atoms with E-state index in [0.717, 1.165) is 19.0 Å². The van der Waals surface area contributed by atoms with E-state index in [1.165, 1.54) is 6.20 Å². The van der Waals surface area contributed by atoms with Crippen LogP contribution < -0.4 is 5.32 Å². The van der Waals surface area contributed by atoms with Gasteiger partial charge in [0.1, 0.15) is 11.9 Å². The highest BCUT2D eigenvalue weighted by Gasteiger charge is 2.38. The molecule has 1 aromatic rings. The molecule has 7 nitrogen and oxygen atoms in total. The Kier molecular flexibility index (Phi) is 4.22. The Morgan fingerprint density at radius 1 is 1.50 bits per heavy atom. The Balaban J connectivity index is 2.36. The summed E-state index contributed by atoms with van der Waals surface area (Å²) in [5.41, 5.74) is -0.482. The normalized spacial score (nSPS) is 16.9. The lowest BCUT2D eigenvalue weighted by Crippen LogP contribution is -2.37. The standard InChI is InChI=1S/C12H14BrN3O4/c13-8-6-14-7-9(16(19)20)11(8)15-12(5-10(17)18)3-1-2-4-12/h6-7H,1-5H2,(H,14,15)(H,17,18). The van der Waals surface area contributed by atoms with E-state index < -0.39 is 16.4 Å². The fourth-order valence-electron chi connectivity index (χ4n) is 2.64. The topological polar surface area (TPSA) is 105 Å². The van der Waals surface area contributed by atoms with Crippen LogP contribution >= 0.6 is 15.9 Å². The highest BCUT2D eigenvalue weighted by atomic mass is 79.9. The van der Waals surface area contributed by atoms with Crippen LogP contribution in [0.5, 0.6) is 0 Å². The van der Waals surface area contributed by atoms with Gasteiger partial charge in [-0.1, -0.05) is 12.8 Å². The number of carbonyl (C=O) groups is 1. The average Bonchev–Trinajstić information content (AvgIpc) is 2.79. The van der Waals surface area contributed by atoms with Crippen molar-refractivity contribution in [2.75, 3.05) is 5.32 Å². The zero-order chi connectivity index (χ0) is 14.8. The van der Waals surface area contributed by atoms with E-state index in [1.807, 2.05) is 0 Å². The van der Waals surface area contributed by atoms with Crippen molar-refractivity contribution in [1.29, 1.82) is 0 Å². The molecule has 1 aromatic heterocycles. The molecule has 1 aliphatic rings. The van der Waals surface area contributed by atoms with Gasteiger partial charge in [0.25, 0.3) is 0 Å². The van der Waals surface area contributed by atoms with Crippen molar-refractivity contribution in [1.82, 2.24) is 4.98 Å². The quantitative estimate of drug-likeness (QED) is 0.628. The Labute approximate surface area is 123 Å². The van der Waals surface area contributed by atoms with Crippen molar-refractivity contribution < 1.29 is 14.8 Å². The number of nitro groups is 1. The molecule has 0 aromatic carbocycles. The molecule has 1 aliphatic carbocycles. The van der Waals surface area contributed by atoms with Crippen molar-refractivity contribution in [3.63, 3.8) is 0 Å². The fraction of sp³-hybridized carbons (Fsp3) is 0.500. The first-order chi connectivity index (χ1) is 9.43. The maximum absolute atomic E-state index is 11.1. The van der Waals surface area contributed by atoms with Gasteiger partial charge in [-0.2, -0.15) is 0 Å². The lowest BCUT2D eigenvalue weighted by Gasteiger charge is -2.30. The molecule has 1 saturated carbocycles. The van der Waals surface area contributed by atoms with Crippen LogP contribution in [0.1, 0.15) is 32.1 Å². The number of carboxylic acids is 1. The van der Waals surface area contributed by atoms with Crippen LogP contribution in [0.15, 0.2) is 16.9 Å². The second-order valence-corrected chi connectivity index (χ2v) is 5.81. The molecule has 0 atom stereocenters. The maximum atomic E-state index is 11.1. The number of aromatic nitrogens is 1. The van der Waals surface area contributed by atoms with Crippen LogP contribution in [-0.4, -0.2) is 26.5 Å². The maximum Gasteiger partial charge on any atom is 0.311 e. The number of pyridine rings is 1. The second kappa shape index (κ2) is 5.74. The zero-order valence-electron chi connectivity index (χ0n) is 10.6. The van der Waals surface area contributed by atoms with Gasteiger partial charge in [0.15, 0.2) is 0 Å². The van der Waals surface area contributed by atoms with Crippen molar-refractivity contribution in [2.45, 2.75) is 37.6 Å². The monoisotopic (exact) mass is 343 g/mol. The van der Waals surface area contributed by atoms with Crippen molar-refractivity contribution >= 4 is 33.3 Å². The molecule has 0 saturated heterocycles. The number of hydrogen-bond acceptors (Lipinski definition) is 5. The Morgan fingerprint density at radius 3 is 2.70 bits per heavy atom. The van der Waals surface area contributed by atoms with Gasteiger partial charge in [-0.05, 0) is 28.8 Å². The molecule has 8 heteroatoms. The highest BCUT2D eigenvalue weighted by molar-refractivity contribution is 9.10. The Bertz CT molecular complexity index is 544. The number of nitrogens with zero attached hydrogens (tertiary/aromatic N) is 2. The largest absolute Gasteiger partial charge is 0.481 e. The van der Waals surface area contributed by atoms with Gasteiger partial charge in [0.05, 0.1) is 15.8 Å². The molecule has 0 bridgehead atoms. The summed E-state index contributed by atoms with van der Waals surface area (Å²) >= 11 is 3.24. The van der Waals surface area contributed by atoms with E-state index in [-0.39, 0.29) is 12.1 Å². The molecule has 0 aliphatic heterocycles. The molecule has 0 amide bonds. The van der Waals surface area contributed by atoms with E-state index >= 15 is 0 Å². The molecular formula is C12H14BrN3O4.